The van der Waals surface area contributed by atoms with Gasteiger partial charge in [-0.15, -0.1) is 0 Å². The number of benzene rings is 8. The number of hydrogen-bond donors (Lipinski definition) is 1. The average molecular weight is 666 g/mol. The van der Waals surface area contributed by atoms with E-state index >= 15 is 0 Å². The van der Waals surface area contributed by atoms with E-state index in [0.29, 0.717) is 0 Å². The highest BCUT2D eigenvalue weighted by atomic mass is 15.0. The number of rotatable bonds is 6. The molecule has 3 nitrogen and oxygen atoms in total. The number of anilines is 2. The van der Waals surface area contributed by atoms with Gasteiger partial charge in [0.2, 0.25) is 0 Å². The molecule has 0 saturated heterocycles. The van der Waals surface area contributed by atoms with E-state index in [1.807, 2.05) is 0 Å². The van der Waals surface area contributed by atoms with Gasteiger partial charge in [0.15, 0.2) is 0 Å². The smallest absolute Gasteiger partial charge is 0.0562 e. The third-order valence-corrected chi connectivity index (χ3v) is 10.5. The fraction of sp³-hybridized carbons (Fsp3) is 0.0204. The van der Waals surface area contributed by atoms with Gasteiger partial charge in [0.25, 0.3) is 0 Å². The lowest BCUT2D eigenvalue weighted by molar-refractivity contribution is 1.18. The third-order valence-electron chi connectivity index (χ3n) is 10.5. The second kappa shape index (κ2) is 12.2. The minimum atomic E-state index is 1.05. The summed E-state index contributed by atoms with van der Waals surface area (Å²) >= 11 is 0. The van der Waals surface area contributed by atoms with Gasteiger partial charge in [-0.25, -0.2) is 0 Å². The fourth-order valence-electron chi connectivity index (χ4n) is 8.00. The maximum Gasteiger partial charge on any atom is 0.0562 e. The Hall–Kier alpha value is -6.84. The molecule has 0 bridgehead atoms. The van der Waals surface area contributed by atoms with E-state index in [1.165, 1.54) is 77.1 Å². The average Bonchev–Trinajstić information content (AvgIpc) is 3.71. The van der Waals surface area contributed by atoms with Crippen LogP contribution in [0.3, 0.4) is 0 Å². The Morgan fingerprint density at radius 3 is 1.48 bits per heavy atom. The minimum absolute atomic E-state index is 1.05. The van der Waals surface area contributed by atoms with Crippen molar-refractivity contribution in [3.8, 4) is 33.6 Å². The van der Waals surface area contributed by atoms with Gasteiger partial charge in [-0.2, -0.15) is 0 Å². The van der Waals surface area contributed by atoms with Gasteiger partial charge < -0.3 is 14.5 Å². The first-order valence-electron chi connectivity index (χ1n) is 17.9. The lowest BCUT2D eigenvalue weighted by Crippen LogP contribution is -1.98. The van der Waals surface area contributed by atoms with Crippen molar-refractivity contribution in [1.82, 2.24) is 9.13 Å². The molecule has 0 unspecified atom stereocenters. The highest BCUT2D eigenvalue weighted by Gasteiger charge is 2.17. The number of nitrogens with one attached hydrogen (secondary N) is 1. The molecular weight excluding hydrogens is 631 g/mol. The van der Waals surface area contributed by atoms with Crippen molar-refractivity contribution < 1.29 is 0 Å². The van der Waals surface area contributed by atoms with Crippen molar-refractivity contribution in [1.29, 1.82) is 0 Å². The van der Waals surface area contributed by atoms with Crippen LogP contribution in [0.2, 0.25) is 0 Å². The van der Waals surface area contributed by atoms with Crippen LogP contribution in [-0.4, -0.2) is 9.13 Å². The summed E-state index contributed by atoms with van der Waals surface area (Å²) in [7, 11) is 0. The summed E-state index contributed by atoms with van der Waals surface area (Å²) in [4.78, 5) is 0. The maximum absolute atomic E-state index is 3.70. The second-order valence-electron chi connectivity index (χ2n) is 13.5. The molecule has 3 heteroatoms. The lowest BCUT2D eigenvalue weighted by atomic mass is 9.99. The zero-order valence-electron chi connectivity index (χ0n) is 28.8. The van der Waals surface area contributed by atoms with Crippen LogP contribution in [-0.2, 0) is 0 Å². The van der Waals surface area contributed by atoms with Crippen molar-refractivity contribution in [3.63, 3.8) is 0 Å². The molecular formula is C49H35N3. The Kier molecular flexibility index (Phi) is 7.04. The molecule has 0 radical (unpaired) electrons. The molecule has 2 aromatic heterocycles. The molecule has 10 aromatic rings. The summed E-state index contributed by atoms with van der Waals surface area (Å²) in [6, 6.07) is 67.8. The molecule has 0 atom stereocenters. The first-order valence-corrected chi connectivity index (χ1v) is 17.9. The molecule has 0 aliphatic heterocycles. The molecule has 1 N–H and O–H groups in total. The van der Waals surface area contributed by atoms with Crippen molar-refractivity contribution in [2.75, 3.05) is 5.32 Å². The number of fused-ring (bicyclic) bond motifs is 6. The van der Waals surface area contributed by atoms with Crippen LogP contribution in [0.4, 0.5) is 11.4 Å². The zero-order chi connectivity index (χ0) is 34.6. The molecule has 0 spiro atoms. The maximum atomic E-state index is 3.70. The van der Waals surface area contributed by atoms with Crippen LogP contribution in [0.5, 0.6) is 0 Å². The van der Waals surface area contributed by atoms with Crippen molar-refractivity contribution in [2.45, 2.75) is 6.92 Å². The summed E-state index contributed by atoms with van der Waals surface area (Å²) in [6.07, 6.45) is 0. The van der Waals surface area contributed by atoms with Gasteiger partial charge in [0.05, 0.1) is 27.8 Å². The van der Waals surface area contributed by atoms with Gasteiger partial charge in [-0.05, 0) is 89.8 Å². The van der Waals surface area contributed by atoms with E-state index in [-0.39, 0.29) is 0 Å². The summed E-state index contributed by atoms with van der Waals surface area (Å²) in [5.74, 6) is 0. The van der Waals surface area contributed by atoms with Gasteiger partial charge in [0, 0.05) is 44.2 Å². The molecule has 52 heavy (non-hydrogen) atoms. The standard InChI is InChI=1S/C49H35N3/c1-33-12-2-3-13-39(33)40-14-4-10-20-47(40)52-48-21-11-7-17-43(48)44-31-28-37(32-49(44)52)50-36-26-22-34(23-27-36)35-24-29-38(30-25-35)51-45-18-8-5-15-41(45)42-16-6-9-19-46(42)51/h2-32,50H,1H3. The molecule has 246 valence electrons. The van der Waals surface area contributed by atoms with Crippen LogP contribution < -0.4 is 5.32 Å². The highest BCUT2D eigenvalue weighted by molar-refractivity contribution is 6.11. The first-order chi connectivity index (χ1) is 25.7. The largest absolute Gasteiger partial charge is 0.355 e. The fourth-order valence-corrected chi connectivity index (χ4v) is 8.00. The Balaban J connectivity index is 0.979. The van der Waals surface area contributed by atoms with E-state index in [1.54, 1.807) is 0 Å². The predicted octanol–water partition coefficient (Wildman–Crippen LogP) is 13.3. The second-order valence-corrected chi connectivity index (χ2v) is 13.5. The van der Waals surface area contributed by atoms with Crippen LogP contribution in [0, 0.1) is 6.92 Å². The van der Waals surface area contributed by atoms with E-state index in [4.69, 9.17) is 0 Å². The number of aromatic nitrogens is 2. The summed E-state index contributed by atoms with van der Waals surface area (Å²) < 4.78 is 4.78. The van der Waals surface area contributed by atoms with Gasteiger partial charge >= 0.3 is 0 Å². The molecule has 0 aliphatic rings. The topological polar surface area (TPSA) is 21.9 Å². The normalized spacial score (nSPS) is 11.6. The predicted molar refractivity (Wildman–Crippen MR) is 220 cm³/mol. The van der Waals surface area contributed by atoms with Gasteiger partial charge in [-0.3, -0.25) is 0 Å². The molecule has 0 aliphatic carbocycles. The van der Waals surface area contributed by atoms with Crippen LogP contribution in [0.1, 0.15) is 5.56 Å². The molecule has 10 rings (SSSR count). The molecule has 8 aromatic carbocycles. The molecule has 0 saturated carbocycles. The summed E-state index contributed by atoms with van der Waals surface area (Å²) in [5.41, 5.74) is 15.4. The van der Waals surface area contributed by atoms with Crippen LogP contribution >= 0.6 is 0 Å². The Labute approximate surface area is 302 Å². The third kappa shape index (κ3) is 4.90. The zero-order valence-corrected chi connectivity index (χ0v) is 28.8. The van der Waals surface area contributed by atoms with Crippen molar-refractivity contribution in [3.05, 3.63) is 194 Å². The van der Waals surface area contributed by atoms with E-state index in [2.05, 4.69) is 209 Å². The molecule has 0 fully saturated rings. The molecule has 0 amide bonds. The Morgan fingerprint density at radius 2 is 0.846 bits per heavy atom. The van der Waals surface area contributed by atoms with Gasteiger partial charge in [0.1, 0.15) is 0 Å². The monoisotopic (exact) mass is 665 g/mol. The van der Waals surface area contributed by atoms with E-state index in [9.17, 15) is 0 Å². The SMILES string of the molecule is Cc1ccccc1-c1ccccc1-n1c2ccccc2c2ccc(Nc3ccc(-c4ccc(-n5c6ccccc6c6ccccc65)cc4)cc3)cc21. The first kappa shape index (κ1) is 30.0. The van der Waals surface area contributed by atoms with Crippen molar-refractivity contribution >= 4 is 55.0 Å². The number of para-hydroxylation sites is 4. The Morgan fingerprint density at radius 1 is 0.365 bits per heavy atom. The van der Waals surface area contributed by atoms with Crippen molar-refractivity contribution in [2.24, 2.45) is 0 Å². The van der Waals surface area contributed by atoms with E-state index in [0.717, 1.165) is 17.1 Å². The van der Waals surface area contributed by atoms with Crippen LogP contribution in [0.15, 0.2) is 188 Å². The minimum Gasteiger partial charge on any atom is -0.355 e. The molecule has 2 heterocycles. The summed E-state index contributed by atoms with van der Waals surface area (Å²) in [5, 5.41) is 8.73. The van der Waals surface area contributed by atoms with E-state index < -0.39 is 0 Å². The number of hydrogen-bond acceptors (Lipinski definition) is 1. The lowest BCUT2D eigenvalue weighted by Gasteiger charge is -2.16. The number of aryl methyl sites for hydroxylation is 1. The number of nitrogens with zero attached hydrogens (tertiary/aromatic N) is 2. The van der Waals surface area contributed by atoms with Gasteiger partial charge in [-0.1, -0.05) is 127 Å². The highest BCUT2D eigenvalue weighted by Crippen LogP contribution is 2.39. The van der Waals surface area contributed by atoms with Crippen LogP contribution in [0.25, 0.3) is 77.2 Å². The summed E-state index contributed by atoms with van der Waals surface area (Å²) in [6.45, 7) is 2.19. The quantitative estimate of drug-likeness (QED) is 0.188. The Bertz CT molecular complexity index is 2870.